The van der Waals surface area contributed by atoms with Gasteiger partial charge in [-0.3, -0.25) is 4.79 Å². The van der Waals surface area contributed by atoms with Gasteiger partial charge in [0.25, 0.3) is 0 Å². The van der Waals surface area contributed by atoms with Crippen LogP contribution in [-0.4, -0.2) is 32.4 Å². The van der Waals surface area contributed by atoms with Crippen molar-refractivity contribution in [1.82, 2.24) is 15.0 Å². The number of sulfonamides is 1. The van der Waals surface area contributed by atoms with E-state index in [1.807, 2.05) is 12.3 Å². The number of amides is 1. The molecule has 0 radical (unpaired) electrons. The Morgan fingerprint density at radius 2 is 1.96 bits per heavy atom. The van der Waals surface area contributed by atoms with Gasteiger partial charge in [0, 0.05) is 30.2 Å². The molecule has 0 fully saturated rings. The van der Waals surface area contributed by atoms with Crippen LogP contribution in [0.1, 0.15) is 36.0 Å². The number of hydrogen-bond donors (Lipinski definition) is 2. The molecule has 27 heavy (non-hydrogen) atoms. The molecule has 0 saturated carbocycles. The first-order valence-corrected chi connectivity index (χ1v) is 11.2. The summed E-state index contributed by atoms with van der Waals surface area (Å²) in [5, 5.41) is 6.03. The predicted octanol–water partition coefficient (Wildman–Crippen LogP) is 2.90. The van der Waals surface area contributed by atoms with Crippen LogP contribution >= 0.6 is 11.3 Å². The van der Waals surface area contributed by atoms with Crippen molar-refractivity contribution in [2.24, 2.45) is 0 Å². The molecular formula is C19H25N3O3S2. The Labute approximate surface area is 164 Å². The van der Waals surface area contributed by atoms with Crippen molar-refractivity contribution in [3.63, 3.8) is 0 Å². The van der Waals surface area contributed by atoms with Gasteiger partial charge in [-0.05, 0) is 50.0 Å². The van der Waals surface area contributed by atoms with Crippen LogP contribution in [-0.2, 0) is 21.2 Å². The lowest BCUT2D eigenvalue weighted by Crippen LogP contribution is -2.23. The Morgan fingerprint density at radius 1 is 1.22 bits per heavy atom. The minimum absolute atomic E-state index is 0.163. The van der Waals surface area contributed by atoms with Crippen LogP contribution in [0.4, 0.5) is 0 Å². The maximum atomic E-state index is 11.9. The van der Waals surface area contributed by atoms with Gasteiger partial charge in [-0.15, -0.1) is 11.3 Å². The Balaban J connectivity index is 1.72. The molecule has 0 bridgehead atoms. The Morgan fingerprint density at radius 3 is 2.59 bits per heavy atom. The van der Waals surface area contributed by atoms with E-state index in [1.54, 1.807) is 36.5 Å². The van der Waals surface area contributed by atoms with Gasteiger partial charge >= 0.3 is 0 Å². The van der Waals surface area contributed by atoms with Gasteiger partial charge < -0.3 is 5.32 Å². The lowest BCUT2D eigenvalue weighted by Gasteiger charge is -2.04. The third-order valence-electron chi connectivity index (χ3n) is 3.74. The van der Waals surface area contributed by atoms with E-state index < -0.39 is 10.0 Å². The number of carbonyl (C=O) groups excluding carboxylic acids is 1. The zero-order valence-corrected chi connectivity index (χ0v) is 17.2. The van der Waals surface area contributed by atoms with E-state index in [2.05, 4.69) is 15.0 Å². The number of hydrogen-bond acceptors (Lipinski definition) is 5. The summed E-state index contributed by atoms with van der Waals surface area (Å²) in [6.07, 6.45) is 5.94. The largest absolute Gasteiger partial charge is 0.353 e. The minimum Gasteiger partial charge on any atom is -0.353 e. The summed E-state index contributed by atoms with van der Waals surface area (Å²) in [7, 11) is -3.45. The van der Waals surface area contributed by atoms with Crippen LogP contribution in [0.5, 0.6) is 0 Å². The van der Waals surface area contributed by atoms with Crippen LogP contribution in [0.2, 0.25) is 0 Å². The average molecular weight is 408 g/mol. The number of aryl methyl sites for hydroxylation is 2. The standard InChI is InChI=1S/C19H25N3O3S2/c1-3-21-27(24,25)17-10-7-16(8-11-17)9-12-18(23)20-13-5-4-6-19-22-15(2)14-26-19/h7-12,14,21H,3-6,13H2,1-2H3,(H,20,23)/b12-9+. The lowest BCUT2D eigenvalue weighted by atomic mass is 10.2. The summed E-state index contributed by atoms with van der Waals surface area (Å²) in [5.41, 5.74) is 1.82. The highest BCUT2D eigenvalue weighted by Crippen LogP contribution is 2.12. The molecule has 1 heterocycles. The molecule has 2 aromatic rings. The van der Waals surface area contributed by atoms with E-state index in [9.17, 15) is 13.2 Å². The first kappa shape index (κ1) is 21.3. The fraction of sp³-hybridized carbons (Fsp3) is 0.368. The molecule has 1 amide bonds. The van der Waals surface area contributed by atoms with Crippen molar-refractivity contribution in [1.29, 1.82) is 0 Å². The third kappa shape index (κ3) is 7.24. The zero-order valence-electron chi connectivity index (χ0n) is 15.6. The zero-order chi connectivity index (χ0) is 19.7. The third-order valence-corrected chi connectivity index (χ3v) is 6.32. The van der Waals surface area contributed by atoms with Gasteiger partial charge in [0.2, 0.25) is 15.9 Å². The van der Waals surface area contributed by atoms with Crippen LogP contribution in [0.15, 0.2) is 40.6 Å². The van der Waals surface area contributed by atoms with Crippen LogP contribution in [0, 0.1) is 6.92 Å². The van der Waals surface area contributed by atoms with Gasteiger partial charge in [0.05, 0.1) is 9.90 Å². The molecule has 0 saturated heterocycles. The molecular weight excluding hydrogens is 382 g/mol. The summed E-state index contributed by atoms with van der Waals surface area (Å²) in [6, 6.07) is 6.39. The summed E-state index contributed by atoms with van der Waals surface area (Å²) < 4.78 is 26.2. The highest BCUT2D eigenvalue weighted by atomic mass is 32.2. The van der Waals surface area contributed by atoms with E-state index in [0.717, 1.165) is 35.5 Å². The smallest absolute Gasteiger partial charge is 0.243 e. The number of nitrogens with zero attached hydrogens (tertiary/aromatic N) is 1. The Kier molecular flexibility index (Phi) is 8.15. The number of rotatable bonds is 10. The molecule has 6 nitrogen and oxygen atoms in total. The highest BCUT2D eigenvalue weighted by molar-refractivity contribution is 7.89. The maximum absolute atomic E-state index is 11.9. The fourth-order valence-electron chi connectivity index (χ4n) is 2.39. The van der Waals surface area contributed by atoms with Crippen LogP contribution in [0.25, 0.3) is 6.08 Å². The van der Waals surface area contributed by atoms with Crippen molar-refractivity contribution in [2.45, 2.75) is 38.0 Å². The monoisotopic (exact) mass is 407 g/mol. The van der Waals surface area contributed by atoms with Crippen molar-refractivity contribution in [2.75, 3.05) is 13.1 Å². The highest BCUT2D eigenvalue weighted by Gasteiger charge is 2.11. The van der Waals surface area contributed by atoms with Gasteiger partial charge in [-0.1, -0.05) is 19.1 Å². The Hall–Kier alpha value is -2.03. The molecule has 0 aliphatic carbocycles. The van der Waals surface area contributed by atoms with E-state index in [0.29, 0.717) is 13.1 Å². The molecule has 2 rings (SSSR count). The van der Waals surface area contributed by atoms with Crippen molar-refractivity contribution in [3.05, 3.63) is 52.0 Å². The van der Waals surface area contributed by atoms with Crippen molar-refractivity contribution < 1.29 is 13.2 Å². The molecule has 0 aliphatic rings. The molecule has 0 unspecified atom stereocenters. The molecule has 8 heteroatoms. The van der Waals surface area contributed by atoms with E-state index in [1.165, 1.54) is 18.2 Å². The number of carbonyl (C=O) groups is 1. The van der Waals surface area contributed by atoms with Gasteiger partial charge in [0.1, 0.15) is 0 Å². The summed E-state index contributed by atoms with van der Waals surface area (Å²) >= 11 is 1.67. The van der Waals surface area contributed by atoms with E-state index in [-0.39, 0.29) is 10.8 Å². The quantitative estimate of drug-likeness (QED) is 0.468. The fourth-order valence-corrected chi connectivity index (χ4v) is 4.25. The predicted molar refractivity (Wildman–Crippen MR) is 109 cm³/mol. The SMILES string of the molecule is CCNS(=O)(=O)c1ccc(/C=C/C(=O)NCCCCc2nc(C)cs2)cc1. The van der Waals surface area contributed by atoms with Gasteiger partial charge in [-0.25, -0.2) is 18.1 Å². The van der Waals surface area contributed by atoms with Crippen molar-refractivity contribution in [3.8, 4) is 0 Å². The summed E-state index contributed by atoms with van der Waals surface area (Å²) in [5.74, 6) is -0.163. The van der Waals surface area contributed by atoms with Gasteiger partial charge in [-0.2, -0.15) is 0 Å². The number of unbranched alkanes of at least 4 members (excludes halogenated alkanes) is 1. The molecule has 146 valence electrons. The minimum atomic E-state index is -3.45. The summed E-state index contributed by atoms with van der Waals surface area (Å²) in [4.78, 5) is 16.5. The lowest BCUT2D eigenvalue weighted by molar-refractivity contribution is -0.116. The maximum Gasteiger partial charge on any atom is 0.243 e. The summed E-state index contributed by atoms with van der Waals surface area (Å²) in [6.45, 7) is 4.68. The molecule has 1 aromatic carbocycles. The van der Waals surface area contributed by atoms with Crippen LogP contribution < -0.4 is 10.0 Å². The average Bonchev–Trinajstić information content (AvgIpc) is 3.05. The van der Waals surface area contributed by atoms with Crippen LogP contribution in [0.3, 0.4) is 0 Å². The second kappa shape index (κ2) is 10.3. The number of nitrogens with one attached hydrogen (secondary N) is 2. The first-order valence-electron chi connectivity index (χ1n) is 8.87. The van der Waals surface area contributed by atoms with Crippen molar-refractivity contribution >= 4 is 33.3 Å². The molecule has 0 spiro atoms. The molecule has 0 aliphatic heterocycles. The molecule has 0 atom stereocenters. The second-order valence-corrected chi connectivity index (χ2v) is 8.74. The molecule has 1 aromatic heterocycles. The Bertz CT molecular complexity index is 872. The van der Waals surface area contributed by atoms with Gasteiger partial charge in [0.15, 0.2) is 0 Å². The number of thiazole rings is 1. The molecule has 2 N–H and O–H groups in total. The number of benzene rings is 1. The number of aromatic nitrogens is 1. The first-order chi connectivity index (χ1) is 12.9. The topological polar surface area (TPSA) is 88.2 Å². The second-order valence-electron chi connectivity index (χ2n) is 6.03. The van der Waals surface area contributed by atoms with E-state index >= 15 is 0 Å². The van der Waals surface area contributed by atoms with E-state index in [4.69, 9.17) is 0 Å². The normalized spacial score (nSPS) is 11.8.